The van der Waals surface area contributed by atoms with E-state index in [-0.39, 0.29) is 5.78 Å². The van der Waals surface area contributed by atoms with Gasteiger partial charge in [-0.2, -0.15) is 0 Å². The number of hydrogen-bond donors (Lipinski definition) is 0. The number of ketones is 1. The van der Waals surface area contributed by atoms with Gasteiger partial charge in [0.1, 0.15) is 0 Å². The minimum atomic E-state index is 0.223. The lowest BCUT2D eigenvalue weighted by atomic mass is 9.89. The highest BCUT2D eigenvalue weighted by Crippen LogP contribution is 2.25. The molecule has 1 saturated heterocycles. The maximum Gasteiger partial charge on any atom is 0.177 e. The zero-order chi connectivity index (χ0) is 14.5. The zero-order valence-electron chi connectivity index (χ0n) is 12.4. The lowest BCUT2D eigenvalue weighted by Gasteiger charge is -2.20. The van der Waals surface area contributed by atoms with Crippen LogP contribution < -0.4 is 0 Å². The van der Waals surface area contributed by atoms with Crippen LogP contribution in [0.2, 0.25) is 0 Å². The summed E-state index contributed by atoms with van der Waals surface area (Å²) in [6.45, 7) is 7.28. The normalized spacial score (nSPS) is 20.9. The van der Waals surface area contributed by atoms with Crippen molar-refractivity contribution < 1.29 is 4.79 Å². The number of likely N-dealkylation sites (tertiary alicyclic amines) is 1. The molecule has 1 atom stereocenters. The van der Waals surface area contributed by atoms with Crippen molar-refractivity contribution in [3.8, 4) is 0 Å². The molecule has 1 aliphatic rings. The monoisotopic (exact) mass is 337 g/mol. The van der Waals surface area contributed by atoms with Gasteiger partial charge in [-0.25, -0.2) is 0 Å². The van der Waals surface area contributed by atoms with Gasteiger partial charge in [0.05, 0.1) is 6.54 Å². The molecule has 0 aromatic heterocycles. The fourth-order valence-electron chi connectivity index (χ4n) is 2.98. The largest absolute Gasteiger partial charge is 0.296 e. The van der Waals surface area contributed by atoms with Crippen LogP contribution in [0.4, 0.5) is 0 Å². The molecular weight excluding hydrogens is 314 g/mol. The van der Waals surface area contributed by atoms with E-state index in [1.165, 1.54) is 19.3 Å². The lowest BCUT2D eigenvalue weighted by molar-refractivity contribution is 0.0931. The molecule has 0 saturated carbocycles. The number of halogens is 1. The van der Waals surface area contributed by atoms with Crippen LogP contribution >= 0.6 is 15.9 Å². The van der Waals surface area contributed by atoms with Crippen LogP contribution in [0.3, 0.4) is 0 Å². The van der Waals surface area contributed by atoms with E-state index in [0.29, 0.717) is 6.54 Å². The van der Waals surface area contributed by atoms with Gasteiger partial charge in [-0.15, -0.1) is 0 Å². The molecule has 0 bridgehead atoms. The molecule has 0 radical (unpaired) electrons. The van der Waals surface area contributed by atoms with Gasteiger partial charge in [0.15, 0.2) is 5.78 Å². The maximum absolute atomic E-state index is 12.4. The van der Waals surface area contributed by atoms with E-state index < -0.39 is 0 Å². The molecule has 3 heteroatoms. The minimum absolute atomic E-state index is 0.223. The van der Waals surface area contributed by atoms with E-state index in [2.05, 4.69) is 34.7 Å². The Morgan fingerprint density at radius 2 is 2.05 bits per heavy atom. The maximum atomic E-state index is 12.4. The number of Topliss-reactive ketones (excluding diaryl/α,β-unsaturated/α-hetero) is 1. The fraction of sp³-hybridized carbons (Fsp3) is 0.588. The third kappa shape index (κ3) is 4.16. The first kappa shape index (κ1) is 15.7. The van der Waals surface area contributed by atoms with Crippen molar-refractivity contribution in [1.29, 1.82) is 0 Å². The Labute approximate surface area is 130 Å². The molecule has 0 amide bonds. The van der Waals surface area contributed by atoms with Crippen molar-refractivity contribution in [2.45, 2.75) is 33.1 Å². The summed E-state index contributed by atoms with van der Waals surface area (Å²) in [6.07, 6.45) is 3.74. The molecule has 0 spiro atoms. The summed E-state index contributed by atoms with van der Waals surface area (Å²) in [6, 6.07) is 7.71. The predicted octanol–water partition coefficient (Wildman–Crippen LogP) is 4.39. The fourth-order valence-corrected chi connectivity index (χ4v) is 3.49. The van der Waals surface area contributed by atoms with Gasteiger partial charge in [0.2, 0.25) is 0 Å². The second kappa shape index (κ2) is 7.37. The molecule has 20 heavy (non-hydrogen) atoms. The second-order valence-corrected chi connectivity index (χ2v) is 6.97. The SMILES string of the molecule is CC(C)C1CCCN(CC(=O)c2ccccc2Br)CC1. The third-order valence-electron chi connectivity index (χ3n) is 4.35. The first-order chi connectivity index (χ1) is 9.58. The van der Waals surface area contributed by atoms with Crippen LogP contribution in [0.5, 0.6) is 0 Å². The number of hydrogen-bond acceptors (Lipinski definition) is 2. The topological polar surface area (TPSA) is 20.3 Å². The van der Waals surface area contributed by atoms with Crippen molar-refractivity contribution in [2.24, 2.45) is 11.8 Å². The van der Waals surface area contributed by atoms with Crippen LogP contribution in [0.1, 0.15) is 43.5 Å². The second-order valence-electron chi connectivity index (χ2n) is 6.11. The summed E-state index contributed by atoms with van der Waals surface area (Å²) < 4.78 is 0.903. The number of carbonyl (C=O) groups is 1. The minimum Gasteiger partial charge on any atom is -0.296 e. The first-order valence-corrected chi connectivity index (χ1v) is 8.37. The van der Waals surface area contributed by atoms with Crippen LogP contribution in [-0.4, -0.2) is 30.3 Å². The molecule has 1 unspecified atom stereocenters. The summed E-state index contributed by atoms with van der Waals surface area (Å²) in [7, 11) is 0. The number of nitrogens with zero attached hydrogens (tertiary/aromatic N) is 1. The van der Waals surface area contributed by atoms with E-state index in [1.54, 1.807) is 0 Å². The molecular formula is C17H24BrNO. The number of rotatable bonds is 4. The van der Waals surface area contributed by atoms with E-state index in [4.69, 9.17) is 0 Å². The summed E-state index contributed by atoms with van der Waals surface area (Å²) in [5.41, 5.74) is 0.803. The van der Waals surface area contributed by atoms with Crippen molar-refractivity contribution in [1.82, 2.24) is 4.90 Å². The molecule has 2 rings (SSSR count). The van der Waals surface area contributed by atoms with Crippen molar-refractivity contribution in [3.05, 3.63) is 34.3 Å². The predicted molar refractivity (Wildman–Crippen MR) is 87.1 cm³/mol. The third-order valence-corrected chi connectivity index (χ3v) is 5.04. The zero-order valence-corrected chi connectivity index (χ0v) is 14.0. The Morgan fingerprint density at radius 3 is 2.75 bits per heavy atom. The standard InChI is InChI=1S/C17H24BrNO/c1-13(2)14-6-5-10-19(11-9-14)12-17(20)15-7-3-4-8-16(15)18/h3-4,7-8,13-14H,5-6,9-12H2,1-2H3. The van der Waals surface area contributed by atoms with E-state index in [9.17, 15) is 4.79 Å². The van der Waals surface area contributed by atoms with E-state index in [1.807, 2.05) is 24.3 Å². The van der Waals surface area contributed by atoms with Crippen LogP contribution in [0, 0.1) is 11.8 Å². The molecule has 1 fully saturated rings. The van der Waals surface area contributed by atoms with Crippen LogP contribution in [0.25, 0.3) is 0 Å². The lowest BCUT2D eigenvalue weighted by Crippen LogP contribution is -2.31. The Hall–Kier alpha value is -0.670. The molecule has 1 aromatic rings. The highest BCUT2D eigenvalue weighted by atomic mass is 79.9. The van der Waals surface area contributed by atoms with Crippen LogP contribution in [0.15, 0.2) is 28.7 Å². The summed E-state index contributed by atoms with van der Waals surface area (Å²) in [5.74, 6) is 1.80. The average molecular weight is 338 g/mol. The Balaban J connectivity index is 1.94. The summed E-state index contributed by atoms with van der Waals surface area (Å²) in [4.78, 5) is 14.7. The van der Waals surface area contributed by atoms with E-state index >= 15 is 0 Å². The highest BCUT2D eigenvalue weighted by molar-refractivity contribution is 9.10. The Bertz CT molecular complexity index is 458. The number of carbonyl (C=O) groups excluding carboxylic acids is 1. The molecule has 2 nitrogen and oxygen atoms in total. The van der Waals surface area contributed by atoms with Gasteiger partial charge >= 0.3 is 0 Å². The molecule has 1 heterocycles. The van der Waals surface area contributed by atoms with Gasteiger partial charge in [0, 0.05) is 10.0 Å². The Morgan fingerprint density at radius 1 is 1.30 bits per heavy atom. The van der Waals surface area contributed by atoms with Gasteiger partial charge in [-0.3, -0.25) is 9.69 Å². The quantitative estimate of drug-likeness (QED) is 0.759. The average Bonchev–Trinajstić information content (AvgIpc) is 2.65. The van der Waals surface area contributed by atoms with E-state index in [0.717, 1.165) is 35.0 Å². The molecule has 1 aliphatic heterocycles. The first-order valence-electron chi connectivity index (χ1n) is 7.58. The molecule has 0 N–H and O–H groups in total. The van der Waals surface area contributed by atoms with Crippen molar-refractivity contribution >= 4 is 21.7 Å². The van der Waals surface area contributed by atoms with Gasteiger partial charge in [-0.1, -0.05) is 48.0 Å². The van der Waals surface area contributed by atoms with Crippen molar-refractivity contribution in [2.75, 3.05) is 19.6 Å². The molecule has 0 aliphatic carbocycles. The smallest absolute Gasteiger partial charge is 0.177 e. The molecule has 110 valence electrons. The van der Waals surface area contributed by atoms with Gasteiger partial charge in [-0.05, 0) is 50.3 Å². The molecule has 1 aromatic carbocycles. The van der Waals surface area contributed by atoms with Crippen LogP contribution in [-0.2, 0) is 0 Å². The highest BCUT2D eigenvalue weighted by Gasteiger charge is 2.21. The van der Waals surface area contributed by atoms with Crippen molar-refractivity contribution in [3.63, 3.8) is 0 Å². The number of benzene rings is 1. The van der Waals surface area contributed by atoms with Gasteiger partial charge in [0.25, 0.3) is 0 Å². The Kier molecular flexibility index (Phi) is 5.79. The summed E-state index contributed by atoms with van der Waals surface area (Å²) >= 11 is 3.47. The van der Waals surface area contributed by atoms with Gasteiger partial charge < -0.3 is 0 Å². The summed E-state index contributed by atoms with van der Waals surface area (Å²) in [5, 5.41) is 0.